The fourth-order valence-corrected chi connectivity index (χ4v) is 3.46. The van der Waals surface area contributed by atoms with Crippen LogP contribution in [0.3, 0.4) is 0 Å². The standard InChI is InChI=1S/C20H17N3O4/c24-19-10-14(11-23(19)15-4-2-1-3-5-15)20-22-21-18(27-20)9-13-6-7-16-17(8-13)26-12-25-16/h1-8,14H,9-12H2. The van der Waals surface area contributed by atoms with Gasteiger partial charge in [0.1, 0.15) is 0 Å². The van der Waals surface area contributed by atoms with E-state index in [0.717, 1.165) is 22.7 Å². The van der Waals surface area contributed by atoms with Crippen LogP contribution in [0, 0.1) is 0 Å². The topological polar surface area (TPSA) is 77.7 Å². The number of fused-ring (bicyclic) bond motifs is 1. The second-order valence-electron chi connectivity index (χ2n) is 6.64. The summed E-state index contributed by atoms with van der Waals surface area (Å²) in [6.07, 6.45) is 0.882. The van der Waals surface area contributed by atoms with Crippen LogP contribution in [0.5, 0.6) is 11.5 Å². The van der Waals surface area contributed by atoms with Crippen LogP contribution in [-0.4, -0.2) is 29.4 Å². The molecule has 1 amide bonds. The van der Waals surface area contributed by atoms with Crippen molar-refractivity contribution in [1.29, 1.82) is 0 Å². The van der Waals surface area contributed by atoms with Crippen LogP contribution in [0.15, 0.2) is 52.9 Å². The Hall–Kier alpha value is -3.35. The van der Waals surface area contributed by atoms with Gasteiger partial charge in [0.25, 0.3) is 0 Å². The molecule has 2 aromatic carbocycles. The second kappa shape index (κ2) is 6.42. The monoisotopic (exact) mass is 363 g/mol. The second-order valence-corrected chi connectivity index (χ2v) is 6.64. The van der Waals surface area contributed by atoms with Crippen molar-refractivity contribution in [1.82, 2.24) is 10.2 Å². The predicted molar refractivity (Wildman–Crippen MR) is 95.8 cm³/mol. The average molecular weight is 363 g/mol. The van der Waals surface area contributed by atoms with Crippen molar-refractivity contribution in [2.24, 2.45) is 0 Å². The van der Waals surface area contributed by atoms with Gasteiger partial charge in [-0.25, -0.2) is 0 Å². The zero-order chi connectivity index (χ0) is 18.2. The summed E-state index contributed by atoms with van der Waals surface area (Å²) in [6.45, 7) is 0.797. The van der Waals surface area contributed by atoms with Gasteiger partial charge in [0.05, 0.1) is 12.3 Å². The first-order valence-electron chi connectivity index (χ1n) is 8.82. The maximum absolute atomic E-state index is 12.4. The summed E-state index contributed by atoms with van der Waals surface area (Å²) in [6, 6.07) is 15.4. The molecule has 3 aromatic rings. The maximum atomic E-state index is 12.4. The van der Waals surface area contributed by atoms with E-state index in [1.165, 1.54) is 0 Å². The van der Waals surface area contributed by atoms with Crippen LogP contribution in [0.1, 0.15) is 29.7 Å². The molecule has 1 unspecified atom stereocenters. The lowest BCUT2D eigenvalue weighted by atomic mass is 10.1. The number of anilines is 1. The Balaban J connectivity index is 1.30. The van der Waals surface area contributed by atoms with Gasteiger partial charge < -0.3 is 18.8 Å². The van der Waals surface area contributed by atoms with E-state index in [0.29, 0.717) is 31.2 Å². The highest BCUT2D eigenvalue weighted by atomic mass is 16.7. The molecule has 3 heterocycles. The molecule has 0 radical (unpaired) electrons. The van der Waals surface area contributed by atoms with Gasteiger partial charge in [0.15, 0.2) is 11.5 Å². The van der Waals surface area contributed by atoms with Crippen molar-refractivity contribution in [3.05, 3.63) is 65.9 Å². The molecular weight excluding hydrogens is 346 g/mol. The summed E-state index contributed by atoms with van der Waals surface area (Å²) in [7, 11) is 0. The minimum atomic E-state index is -0.0873. The highest BCUT2D eigenvalue weighted by Gasteiger charge is 2.34. The highest BCUT2D eigenvalue weighted by molar-refractivity contribution is 5.96. The molecule has 1 atom stereocenters. The number of rotatable bonds is 4. The summed E-state index contributed by atoms with van der Waals surface area (Å²) in [4.78, 5) is 14.1. The first-order valence-corrected chi connectivity index (χ1v) is 8.82. The predicted octanol–water partition coefficient (Wildman–Crippen LogP) is 2.91. The molecule has 7 nitrogen and oxygen atoms in total. The van der Waals surface area contributed by atoms with Gasteiger partial charge in [-0.3, -0.25) is 4.79 Å². The van der Waals surface area contributed by atoms with Gasteiger partial charge in [-0.05, 0) is 29.8 Å². The van der Waals surface area contributed by atoms with Gasteiger partial charge >= 0.3 is 0 Å². The van der Waals surface area contributed by atoms with E-state index in [1.807, 2.05) is 48.5 Å². The smallest absolute Gasteiger partial charge is 0.231 e. The Morgan fingerprint density at radius 1 is 1.04 bits per heavy atom. The van der Waals surface area contributed by atoms with Crippen molar-refractivity contribution in [3.63, 3.8) is 0 Å². The lowest BCUT2D eigenvalue weighted by Crippen LogP contribution is -2.24. The van der Waals surface area contributed by atoms with E-state index in [9.17, 15) is 4.79 Å². The third kappa shape index (κ3) is 3.01. The van der Waals surface area contributed by atoms with Gasteiger partial charge in [0.2, 0.25) is 24.5 Å². The molecule has 27 heavy (non-hydrogen) atoms. The molecule has 2 aliphatic rings. The zero-order valence-corrected chi connectivity index (χ0v) is 14.5. The number of benzene rings is 2. The molecule has 1 saturated heterocycles. The van der Waals surface area contributed by atoms with Crippen molar-refractivity contribution in [3.8, 4) is 11.5 Å². The van der Waals surface area contributed by atoms with E-state index in [-0.39, 0.29) is 18.6 Å². The Morgan fingerprint density at radius 2 is 1.89 bits per heavy atom. The van der Waals surface area contributed by atoms with Crippen molar-refractivity contribution in [2.75, 3.05) is 18.2 Å². The zero-order valence-electron chi connectivity index (χ0n) is 14.5. The molecule has 0 spiro atoms. The molecular formula is C20H17N3O4. The van der Waals surface area contributed by atoms with E-state index >= 15 is 0 Å². The van der Waals surface area contributed by atoms with E-state index in [1.54, 1.807) is 4.90 Å². The van der Waals surface area contributed by atoms with Crippen molar-refractivity contribution >= 4 is 11.6 Å². The SMILES string of the molecule is O=C1CC(c2nnc(Cc3ccc4c(c3)OCO4)o2)CN1c1ccccc1. The summed E-state index contributed by atoms with van der Waals surface area (Å²) in [5.74, 6) is 2.49. The fraction of sp³-hybridized carbons (Fsp3) is 0.250. The van der Waals surface area contributed by atoms with Crippen molar-refractivity contribution in [2.45, 2.75) is 18.8 Å². The summed E-state index contributed by atoms with van der Waals surface area (Å²) in [5, 5.41) is 8.33. The average Bonchev–Trinajstić information content (AvgIpc) is 3.41. The van der Waals surface area contributed by atoms with Gasteiger partial charge in [0, 0.05) is 18.7 Å². The van der Waals surface area contributed by atoms with Gasteiger partial charge in [-0.2, -0.15) is 0 Å². The Bertz CT molecular complexity index is 986. The number of hydrogen-bond acceptors (Lipinski definition) is 6. The number of carbonyl (C=O) groups excluding carboxylic acids is 1. The maximum Gasteiger partial charge on any atom is 0.231 e. The first kappa shape index (κ1) is 15.9. The number of amides is 1. The van der Waals surface area contributed by atoms with Gasteiger partial charge in [-0.15, -0.1) is 10.2 Å². The number of hydrogen-bond donors (Lipinski definition) is 0. The van der Waals surface area contributed by atoms with E-state index < -0.39 is 0 Å². The number of aromatic nitrogens is 2. The van der Waals surface area contributed by atoms with E-state index in [4.69, 9.17) is 13.9 Å². The normalized spacial score (nSPS) is 18.3. The molecule has 0 bridgehead atoms. The van der Waals surface area contributed by atoms with E-state index in [2.05, 4.69) is 10.2 Å². The fourth-order valence-electron chi connectivity index (χ4n) is 3.46. The number of ether oxygens (including phenoxy) is 2. The number of nitrogens with zero attached hydrogens (tertiary/aromatic N) is 3. The lowest BCUT2D eigenvalue weighted by Gasteiger charge is -2.15. The Morgan fingerprint density at radius 3 is 2.78 bits per heavy atom. The molecule has 5 rings (SSSR count). The quantitative estimate of drug-likeness (QED) is 0.709. The van der Waals surface area contributed by atoms with Crippen LogP contribution >= 0.6 is 0 Å². The lowest BCUT2D eigenvalue weighted by molar-refractivity contribution is -0.117. The Labute approximate surface area is 155 Å². The molecule has 0 saturated carbocycles. The molecule has 0 N–H and O–H groups in total. The first-order chi connectivity index (χ1) is 13.3. The van der Waals surface area contributed by atoms with Crippen LogP contribution in [0.4, 0.5) is 5.69 Å². The molecule has 1 fully saturated rings. The van der Waals surface area contributed by atoms with Crippen LogP contribution in [-0.2, 0) is 11.2 Å². The summed E-state index contributed by atoms with van der Waals surface area (Å²) >= 11 is 0. The molecule has 0 aliphatic carbocycles. The minimum Gasteiger partial charge on any atom is -0.454 e. The van der Waals surface area contributed by atoms with Crippen molar-refractivity contribution < 1.29 is 18.7 Å². The third-order valence-corrected chi connectivity index (χ3v) is 4.82. The van der Waals surface area contributed by atoms with Crippen LogP contribution < -0.4 is 14.4 Å². The third-order valence-electron chi connectivity index (χ3n) is 4.82. The minimum absolute atomic E-state index is 0.0710. The van der Waals surface area contributed by atoms with Crippen LogP contribution in [0.2, 0.25) is 0 Å². The highest BCUT2D eigenvalue weighted by Crippen LogP contribution is 2.34. The number of carbonyl (C=O) groups is 1. The molecule has 7 heteroatoms. The summed E-state index contributed by atoms with van der Waals surface area (Å²) in [5.41, 5.74) is 1.90. The molecule has 136 valence electrons. The number of para-hydroxylation sites is 1. The molecule has 2 aliphatic heterocycles. The largest absolute Gasteiger partial charge is 0.454 e. The summed E-state index contributed by atoms with van der Waals surface area (Å²) < 4.78 is 16.6. The van der Waals surface area contributed by atoms with Gasteiger partial charge in [-0.1, -0.05) is 24.3 Å². The Kier molecular flexibility index (Phi) is 3.78. The molecule has 1 aromatic heterocycles. The van der Waals surface area contributed by atoms with Crippen LogP contribution in [0.25, 0.3) is 0 Å².